The van der Waals surface area contributed by atoms with Gasteiger partial charge in [-0.1, -0.05) is 12.2 Å². The summed E-state index contributed by atoms with van der Waals surface area (Å²) >= 11 is 1.58. The minimum atomic E-state index is -0.108. The van der Waals surface area contributed by atoms with E-state index in [9.17, 15) is 9.59 Å². The lowest BCUT2D eigenvalue weighted by Gasteiger charge is -2.38. The highest BCUT2D eigenvalue weighted by Crippen LogP contribution is 2.49. The lowest BCUT2D eigenvalue weighted by Crippen LogP contribution is -2.38. The van der Waals surface area contributed by atoms with E-state index in [-0.39, 0.29) is 35.5 Å². The summed E-state index contributed by atoms with van der Waals surface area (Å²) in [4.78, 5) is 32.5. The summed E-state index contributed by atoms with van der Waals surface area (Å²) in [6.45, 7) is 4.34. The van der Waals surface area contributed by atoms with E-state index in [1.807, 2.05) is 13.8 Å². The van der Waals surface area contributed by atoms with Gasteiger partial charge in [0.2, 0.25) is 11.8 Å². The highest BCUT2D eigenvalue weighted by atomic mass is 32.1. The molecule has 4 unspecified atom stereocenters. The molecule has 110 valence electrons. The number of likely N-dealkylation sites (tertiary alicyclic amines) is 1. The van der Waals surface area contributed by atoms with Crippen LogP contribution in [0.1, 0.15) is 28.4 Å². The number of imide groups is 1. The van der Waals surface area contributed by atoms with E-state index in [1.165, 1.54) is 4.90 Å². The molecule has 0 N–H and O–H groups in total. The zero-order valence-corrected chi connectivity index (χ0v) is 13.0. The van der Waals surface area contributed by atoms with Crippen LogP contribution in [0.15, 0.2) is 12.2 Å². The number of hydrogen-bond acceptors (Lipinski definition) is 4. The standard InChI is InChI=1S/C16H18N2O2S/c1-8-9(2)21-12(17-8)7-18-15(19)13-10-3-4-11(6-5-10)14(13)16(18)20/h3-4,10-11,13-14H,5-7H2,1-2H3. The molecule has 5 heteroatoms. The molecule has 0 radical (unpaired) electrons. The largest absolute Gasteiger partial charge is 0.275 e. The molecular weight excluding hydrogens is 284 g/mol. The molecule has 2 bridgehead atoms. The van der Waals surface area contributed by atoms with Crippen molar-refractivity contribution < 1.29 is 9.59 Å². The summed E-state index contributed by atoms with van der Waals surface area (Å²) in [6.07, 6.45) is 6.40. The van der Waals surface area contributed by atoms with Gasteiger partial charge in [0.15, 0.2) is 0 Å². The first-order chi connectivity index (χ1) is 10.1. The second-order valence-corrected chi connectivity index (χ2v) is 7.64. The van der Waals surface area contributed by atoms with Crippen LogP contribution in [0.3, 0.4) is 0 Å². The second kappa shape index (κ2) is 4.50. The summed E-state index contributed by atoms with van der Waals surface area (Å²) in [6, 6.07) is 0. The van der Waals surface area contributed by atoms with Crippen LogP contribution >= 0.6 is 11.3 Å². The molecule has 1 aliphatic heterocycles. The number of aromatic nitrogens is 1. The quantitative estimate of drug-likeness (QED) is 0.623. The maximum Gasteiger partial charge on any atom is 0.234 e. The van der Waals surface area contributed by atoms with E-state index in [1.54, 1.807) is 11.3 Å². The average molecular weight is 302 g/mol. The van der Waals surface area contributed by atoms with Gasteiger partial charge < -0.3 is 0 Å². The Morgan fingerprint density at radius 3 is 2.14 bits per heavy atom. The lowest BCUT2D eigenvalue weighted by atomic mass is 9.63. The van der Waals surface area contributed by atoms with Crippen molar-refractivity contribution in [3.05, 3.63) is 27.7 Å². The monoisotopic (exact) mass is 302 g/mol. The molecule has 3 aliphatic carbocycles. The molecule has 4 aliphatic rings. The molecule has 5 rings (SSSR count). The minimum absolute atomic E-state index is 0.0227. The SMILES string of the molecule is Cc1nc(CN2C(=O)C3C4C=CC(CC4)C3C2=O)sc1C. The summed E-state index contributed by atoms with van der Waals surface area (Å²) < 4.78 is 0. The average Bonchev–Trinajstić information content (AvgIpc) is 2.94. The van der Waals surface area contributed by atoms with Crippen molar-refractivity contribution in [1.82, 2.24) is 9.88 Å². The van der Waals surface area contributed by atoms with Crippen molar-refractivity contribution in [2.75, 3.05) is 0 Å². The number of rotatable bonds is 2. The molecule has 2 heterocycles. The van der Waals surface area contributed by atoms with Crippen molar-refractivity contribution in [2.24, 2.45) is 23.7 Å². The number of hydrogen-bond donors (Lipinski definition) is 0. The van der Waals surface area contributed by atoms with Gasteiger partial charge in [-0.25, -0.2) is 4.98 Å². The van der Waals surface area contributed by atoms with Gasteiger partial charge in [-0.05, 0) is 38.5 Å². The summed E-state index contributed by atoms with van der Waals surface area (Å²) in [5.41, 5.74) is 0.994. The Balaban J connectivity index is 1.63. The van der Waals surface area contributed by atoms with Crippen LogP contribution in [-0.4, -0.2) is 21.7 Å². The number of allylic oxidation sites excluding steroid dienone is 2. The maximum absolute atomic E-state index is 12.7. The van der Waals surface area contributed by atoms with Crippen LogP contribution in [0.2, 0.25) is 0 Å². The molecule has 1 saturated heterocycles. The van der Waals surface area contributed by atoms with Gasteiger partial charge >= 0.3 is 0 Å². The van der Waals surface area contributed by atoms with Crippen molar-refractivity contribution in [1.29, 1.82) is 0 Å². The molecule has 21 heavy (non-hydrogen) atoms. The topological polar surface area (TPSA) is 50.3 Å². The Labute approximate surface area is 127 Å². The number of fused-ring (bicyclic) bond motifs is 1. The van der Waals surface area contributed by atoms with E-state index in [4.69, 9.17) is 0 Å². The van der Waals surface area contributed by atoms with Crippen molar-refractivity contribution in [3.63, 3.8) is 0 Å². The Morgan fingerprint density at radius 1 is 1.14 bits per heavy atom. The first-order valence-corrected chi connectivity index (χ1v) is 8.34. The fourth-order valence-electron chi connectivity index (χ4n) is 4.03. The van der Waals surface area contributed by atoms with Crippen LogP contribution in [0.25, 0.3) is 0 Å². The first-order valence-electron chi connectivity index (χ1n) is 7.52. The van der Waals surface area contributed by atoms with Crippen LogP contribution in [0.4, 0.5) is 0 Å². The van der Waals surface area contributed by atoms with E-state index in [2.05, 4.69) is 17.1 Å². The Kier molecular flexibility index (Phi) is 2.83. The molecule has 1 aromatic rings. The molecule has 4 atom stereocenters. The molecule has 0 spiro atoms. The first kappa shape index (κ1) is 13.2. The van der Waals surface area contributed by atoms with Gasteiger partial charge in [0.05, 0.1) is 24.1 Å². The molecule has 4 nitrogen and oxygen atoms in total. The summed E-state index contributed by atoms with van der Waals surface area (Å²) in [7, 11) is 0. The Bertz CT molecular complexity index is 612. The summed E-state index contributed by atoms with van der Waals surface area (Å²) in [5.74, 6) is 0.360. The maximum atomic E-state index is 12.7. The minimum Gasteiger partial charge on any atom is -0.275 e. The zero-order valence-electron chi connectivity index (χ0n) is 12.2. The van der Waals surface area contributed by atoms with E-state index >= 15 is 0 Å². The fourth-order valence-corrected chi connectivity index (χ4v) is 4.96. The number of carbonyl (C=O) groups is 2. The third-order valence-corrected chi connectivity index (χ3v) is 6.27. The van der Waals surface area contributed by atoms with Crippen molar-refractivity contribution >= 4 is 23.2 Å². The van der Waals surface area contributed by atoms with Gasteiger partial charge in [-0.15, -0.1) is 11.3 Å². The van der Waals surface area contributed by atoms with E-state index < -0.39 is 0 Å². The molecule has 1 aromatic heterocycles. The molecular formula is C16H18N2O2S. The Hall–Kier alpha value is -1.49. The van der Waals surface area contributed by atoms with Crippen LogP contribution < -0.4 is 0 Å². The Morgan fingerprint density at radius 2 is 1.71 bits per heavy atom. The normalized spacial score (nSPS) is 33.9. The number of amides is 2. The predicted molar refractivity (Wildman–Crippen MR) is 79.5 cm³/mol. The third kappa shape index (κ3) is 1.83. The van der Waals surface area contributed by atoms with E-state index in [0.29, 0.717) is 6.54 Å². The highest BCUT2D eigenvalue weighted by Gasteiger charge is 2.56. The molecule has 2 fully saturated rings. The summed E-state index contributed by atoms with van der Waals surface area (Å²) in [5, 5.41) is 0.866. The molecule has 2 amide bonds. The van der Waals surface area contributed by atoms with Gasteiger partial charge in [0.1, 0.15) is 5.01 Å². The van der Waals surface area contributed by atoms with Gasteiger partial charge in [0.25, 0.3) is 0 Å². The van der Waals surface area contributed by atoms with Crippen molar-refractivity contribution in [3.8, 4) is 0 Å². The smallest absolute Gasteiger partial charge is 0.234 e. The predicted octanol–water partition coefficient (Wildman–Crippen LogP) is 2.46. The molecule has 0 aromatic carbocycles. The highest BCUT2D eigenvalue weighted by molar-refractivity contribution is 7.11. The number of thiazole rings is 1. The number of aryl methyl sites for hydroxylation is 2. The van der Waals surface area contributed by atoms with Crippen LogP contribution in [0, 0.1) is 37.5 Å². The van der Waals surface area contributed by atoms with Crippen LogP contribution in [-0.2, 0) is 16.1 Å². The van der Waals surface area contributed by atoms with Crippen molar-refractivity contribution in [2.45, 2.75) is 33.2 Å². The zero-order chi connectivity index (χ0) is 14.7. The van der Waals surface area contributed by atoms with Gasteiger partial charge in [-0.2, -0.15) is 0 Å². The number of nitrogens with zero attached hydrogens (tertiary/aromatic N) is 2. The third-order valence-electron chi connectivity index (χ3n) is 5.22. The fraction of sp³-hybridized carbons (Fsp3) is 0.562. The van der Waals surface area contributed by atoms with Gasteiger partial charge in [0, 0.05) is 4.88 Å². The van der Waals surface area contributed by atoms with Gasteiger partial charge in [-0.3, -0.25) is 14.5 Å². The second-order valence-electron chi connectivity index (χ2n) is 6.35. The number of carbonyl (C=O) groups excluding carboxylic acids is 2. The molecule has 1 saturated carbocycles. The van der Waals surface area contributed by atoms with Crippen LogP contribution in [0.5, 0.6) is 0 Å². The van der Waals surface area contributed by atoms with E-state index in [0.717, 1.165) is 28.4 Å². The lowest BCUT2D eigenvalue weighted by molar-refractivity contribution is -0.140.